The van der Waals surface area contributed by atoms with Gasteiger partial charge in [0.1, 0.15) is 29.6 Å². The summed E-state index contributed by atoms with van der Waals surface area (Å²) < 4.78 is 5.86. The Morgan fingerprint density at radius 3 is 3.00 bits per heavy atom. The Morgan fingerprint density at radius 1 is 1.56 bits per heavy atom. The lowest BCUT2D eigenvalue weighted by Crippen LogP contribution is -2.49. The van der Waals surface area contributed by atoms with E-state index in [9.17, 15) is 0 Å². The normalized spacial score (nSPS) is 20.7. The fourth-order valence-electron chi connectivity index (χ4n) is 2.01. The summed E-state index contributed by atoms with van der Waals surface area (Å²) in [6, 6.07) is 0. The Balaban J connectivity index is 2.08. The lowest BCUT2D eigenvalue weighted by molar-refractivity contribution is 0.0453. The molecule has 1 aliphatic heterocycles. The molecule has 0 saturated heterocycles. The van der Waals surface area contributed by atoms with Crippen molar-refractivity contribution < 1.29 is 4.74 Å². The standard InChI is InChI=1S/C10H18B3NOS/c1-6-5-16-9-7(6)2-3-15-8(9)4-14-10(11,12)13/h5,8,14H,2-4,11-13H2,1H3/t8-/m1/s1. The summed E-state index contributed by atoms with van der Waals surface area (Å²) in [5, 5.41) is 5.94. The van der Waals surface area contributed by atoms with E-state index in [1.165, 1.54) is 16.0 Å². The Hall–Kier alpha value is -0.185. The van der Waals surface area contributed by atoms with Crippen LogP contribution in [0.2, 0.25) is 0 Å². The monoisotopic (exact) mass is 233 g/mol. The molecule has 16 heavy (non-hydrogen) atoms. The Bertz CT molecular complexity index is 375. The predicted molar refractivity (Wildman–Crippen MR) is 77.8 cm³/mol. The van der Waals surface area contributed by atoms with Crippen LogP contribution in [0.5, 0.6) is 0 Å². The summed E-state index contributed by atoms with van der Waals surface area (Å²) in [6.45, 7) is 3.98. The number of thiophene rings is 1. The first-order valence-corrected chi connectivity index (χ1v) is 6.79. The Kier molecular flexibility index (Phi) is 3.52. The molecule has 2 rings (SSSR count). The highest BCUT2D eigenvalue weighted by molar-refractivity contribution is 7.10. The smallest absolute Gasteiger partial charge is 0.106 e. The van der Waals surface area contributed by atoms with Gasteiger partial charge in [0.05, 0.1) is 6.61 Å². The summed E-state index contributed by atoms with van der Waals surface area (Å²) in [5.41, 5.74) is 2.96. The molecule has 1 aromatic heterocycles. The second kappa shape index (κ2) is 4.59. The van der Waals surface area contributed by atoms with Crippen LogP contribution < -0.4 is 5.32 Å². The fraction of sp³-hybridized carbons (Fsp3) is 0.600. The average molecular weight is 233 g/mol. The van der Waals surface area contributed by atoms with Crippen LogP contribution >= 0.6 is 11.3 Å². The van der Waals surface area contributed by atoms with Gasteiger partial charge in [0.25, 0.3) is 0 Å². The van der Waals surface area contributed by atoms with E-state index in [1.807, 2.05) is 11.3 Å². The third-order valence-corrected chi connectivity index (χ3v) is 4.15. The molecule has 0 radical (unpaired) electrons. The molecule has 2 nitrogen and oxygen atoms in total. The minimum atomic E-state index is 0.160. The number of rotatable bonds is 3. The van der Waals surface area contributed by atoms with E-state index in [4.69, 9.17) is 4.74 Å². The van der Waals surface area contributed by atoms with Gasteiger partial charge in [-0.1, -0.05) is 5.24 Å². The lowest BCUT2D eigenvalue weighted by atomic mass is 9.49. The summed E-state index contributed by atoms with van der Waals surface area (Å²) in [4.78, 5) is 1.43. The minimum Gasteiger partial charge on any atom is -0.371 e. The number of hydrogen-bond donors (Lipinski definition) is 1. The van der Waals surface area contributed by atoms with Crippen LogP contribution in [-0.2, 0) is 11.2 Å². The molecule has 0 fully saturated rings. The zero-order valence-corrected chi connectivity index (χ0v) is 11.4. The van der Waals surface area contributed by atoms with Gasteiger partial charge in [-0.05, 0) is 29.9 Å². The van der Waals surface area contributed by atoms with Crippen molar-refractivity contribution in [3.8, 4) is 0 Å². The van der Waals surface area contributed by atoms with E-state index in [2.05, 4.69) is 41.2 Å². The van der Waals surface area contributed by atoms with Crippen LogP contribution in [0.4, 0.5) is 0 Å². The van der Waals surface area contributed by atoms with Gasteiger partial charge in [-0.2, -0.15) is 0 Å². The van der Waals surface area contributed by atoms with E-state index >= 15 is 0 Å². The maximum absolute atomic E-state index is 5.86. The van der Waals surface area contributed by atoms with Crippen LogP contribution in [0, 0.1) is 6.92 Å². The van der Waals surface area contributed by atoms with Gasteiger partial charge in [0.15, 0.2) is 0 Å². The van der Waals surface area contributed by atoms with Crippen LogP contribution in [0.25, 0.3) is 0 Å². The Labute approximate surface area is 104 Å². The van der Waals surface area contributed by atoms with Gasteiger partial charge in [0, 0.05) is 11.4 Å². The van der Waals surface area contributed by atoms with Crippen LogP contribution in [-0.4, -0.2) is 41.9 Å². The van der Waals surface area contributed by atoms with Gasteiger partial charge in [-0.15, -0.1) is 11.3 Å². The van der Waals surface area contributed by atoms with Crippen molar-refractivity contribution in [1.29, 1.82) is 0 Å². The van der Waals surface area contributed by atoms with Gasteiger partial charge >= 0.3 is 0 Å². The van der Waals surface area contributed by atoms with Gasteiger partial charge < -0.3 is 10.1 Å². The molecule has 1 N–H and O–H groups in total. The molecular formula is C10H18B3NOS. The first kappa shape index (κ1) is 12.3. The number of nitrogens with one attached hydrogen (secondary N) is 1. The molecule has 6 heteroatoms. The molecule has 1 aromatic rings. The first-order chi connectivity index (χ1) is 7.47. The number of ether oxygens (including phenoxy) is 1. The van der Waals surface area contributed by atoms with Crippen molar-refractivity contribution in [2.45, 2.75) is 24.7 Å². The average Bonchev–Trinajstić information content (AvgIpc) is 2.57. The summed E-state index contributed by atoms with van der Waals surface area (Å²) in [6.07, 6.45) is 1.33. The van der Waals surface area contributed by atoms with Gasteiger partial charge in [0.2, 0.25) is 0 Å². The molecule has 0 amide bonds. The molecule has 1 aliphatic rings. The van der Waals surface area contributed by atoms with E-state index in [-0.39, 0.29) is 11.3 Å². The lowest BCUT2D eigenvalue weighted by Gasteiger charge is -2.28. The maximum atomic E-state index is 5.86. The van der Waals surface area contributed by atoms with Crippen molar-refractivity contribution in [1.82, 2.24) is 5.32 Å². The second-order valence-corrected chi connectivity index (χ2v) is 6.41. The highest BCUT2D eigenvalue weighted by Crippen LogP contribution is 2.34. The summed E-state index contributed by atoms with van der Waals surface area (Å²) >= 11 is 1.85. The van der Waals surface area contributed by atoms with Crippen LogP contribution in [0.15, 0.2) is 5.38 Å². The van der Waals surface area contributed by atoms with Gasteiger partial charge in [-0.3, -0.25) is 0 Å². The molecule has 0 bridgehead atoms. The van der Waals surface area contributed by atoms with Crippen molar-refractivity contribution in [3.63, 3.8) is 0 Å². The quantitative estimate of drug-likeness (QED) is 0.660. The predicted octanol–water partition coefficient (Wildman–Crippen LogP) is -1.23. The van der Waals surface area contributed by atoms with E-state index < -0.39 is 0 Å². The Morgan fingerprint density at radius 2 is 2.31 bits per heavy atom. The summed E-state index contributed by atoms with van der Waals surface area (Å²) in [5.74, 6) is 0. The number of hydrogen-bond acceptors (Lipinski definition) is 3. The highest BCUT2D eigenvalue weighted by atomic mass is 32.1. The van der Waals surface area contributed by atoms with Crippen molar-refractivity contribution in [2.24, 2.45) is 0 Å². The van der Waals surface area contributed by atoms with E-state index in [0.717, 1.165) is 19.6 Å². The number of aryl methyl sites for hydroxylation is 1. The van der Waals surface area contributed by atoms with Crippen LogP contribution in [0.1, 0.15) is 22.1 Å². The van der Waals surface area contributed by atoms with Gasteiger partial charge in [-0.25, -0.2) is 0 Å². The molecule has 0 spiro atoms. The molecule has 0 aliphatic carbocycles. The molecule has 0 saturated carbocycles. The third-order valence-electron chi connectivity index (χ3n) is 2.92. The molecule has 2 heterocycles. The molecule has 0 unspecified atom stereocenters. The topological polar surface area (TPSA) is 21.3 Å². The fourth-order valence-corrected chi connectivity index (χ4v) is 3.16. The summed E-state index contributed by atoms with van der Waals surface area (Å²) in [7, 11) is 6.57. The zero-order valence-electron chi connectivity index (χ0n) is 10.6. The van der Waals surface area contributed by atoms with Crippen LogP contribution in [0.3, 0.4) is 0 Å². The molecule has 0 aromatic carbocycles. The molecular weight excluding hydrogens is 215 g/mol. The maximum Gasteiger partial charge on any atom is 0.106 e. The highest BCUT2D eigenvalue weighted by Gasteiger charge is 2.25. The van der Waals surface area contributed by atoms with E-state index in [1.54, 1.807) is 0 Å². The molecule has 1 atom stereocenters. The third kappa shape index (κ3) is 2.73. The van der Waals surface area contributed by atoms with Crippen molar-refractivity contribution in [3.05, 3.63) is 21.4 Å². The second-order valence-electron chi connectivity index (χ2n) is 5.50. The van der Waals surface area contributed by atoms with Crippen molar-refractivity contribution in [2.75, 3.05) is 13.2 Å². The number of fused-ring (bicyclic) bond motifs is 1. The SMILES string of the molecule is BC(B)(B)NC[C@H]1OCCc2c(C)csc21. The van der Waals surface area contributed by atoms with E-state index in [0.29, 0.717) is 0 Å². The zero-order chi connectivity index (χ0) is 11.8. The largest absolute Gasteiger partial charge is 0.371 e. The van der Waals surface area contributed by atoms with Crippen molar-refractivity contribution >= 4 is 34.9 Å². The first-order valence-electron chi connectivity index (χ1n) is 5.91. The molecule has 84 valence electrons. The minimum absolute atomic E-state index is 0.160.